The van der Waals surface area contributed by atoms with Crippen molar-refractivity contribution in [3.05, 3.63) is 112 Å². The number of aromatic nitrogens is 4. The fourth-order valence-corrected chi connectivity index (χ4v) is 4.02. The molecular weight excluding hydrogens is 490 g/mol. The molecular formula is C28H24ClN5O3. The number of aryl methyl sites for hydroxylation is 1. The summed E-state index contributed by atoms with van der Waals surface area (Å²) >= 11 is 5.97. The lowest BCUT2D eigenvalue weighted by Crippen LogP contribution is -2.27. The quantitative estimate of drug-likeness (QED) is 0.275. The Kier molecular flexibility index (Phi) is 7.28. The number of pyridine rings is 2. The van der Waals surface area contributed by atoms with Crippen molar-refractivity contribution in [1.29, 1.82) is 0 Å². The van der Waals surface area contributed by atoms with E-state index in [9.17, 15) is 9.59 Å². The third-order valence-electron chi connectivity index (χ3n) is 5.82. The number of hydrogen-bond donors (Lipinski definition) is 2. The van der Waals surface area contributed by atoms with Gasteiger partial charge in [0, 0.05) is 42.1 Å². The van der Waals surface area contributed by atoms with Crippen LogP contribution < -0.4 is 15.6 Å². The number of amides is 1. The first-order chi connectivity index (χ1) is 18.1. The van der Waals surface area contributed by atoms with Gasteiger partial charge in [-0.1, -0.05) is 41.9 Å². The number of halogens is 1. The number of fused-ring (bicyclic) bond motifs is 1. The van der Waals surface area contributed by atoms with Crippen LogP contribution in [0.4, 0.5) is 0 Å². The van der Waals surface area contributed by atoms with Crippen LogP contribution in [0, 0.1) is 0 Å². The van der Waals surface area contributed by atoms with Crippen LogP contribution in [0.15, 0.2) is 90.0 Å². The average molecular weight is 514 g/mol. The predicted octanol–water partition coefficient (Wildman–Crippen LogP) is 4.84. The van der Waals surface area contributed by atoms with Crippen LogP contribution in [0.25, 0.3) is 22.6 Å². The van der Waals surface area contributed by atoms with Crippen LogP contribution in [0.2, 0.25) is 5.02 Å². The van der Waals surface area contributed by atoms with E-state index in [2.05, 4.69) is 20.3 Å². The Hall–Kier alpha value is -4.43. The second kappa shape index (κ2) is 11.1. The minimum atomic E-state index is -0.251. The molecule has 0 saturated carbocycles. The third kappa shape index (κ3) is 5.87. The van der Waals surface area contributed by atoms with Crippen LogP contribution >= 0.6 is 11.6 Å². The number of rotatable bonds is 9. The molecule has 0 fully saturated rings. The molecule has 0 aliphatic rings. The van der Waals surface area contributed by atoms with Crippen molar-refractivity contribution >= 4 is 28.7 Å². The Morgan fingerprint density at radius 3 is 2.65 bits per heavy atom. The average Bonchev–Trinajstić information content (AvgIpc) is 3.36. The number of imidazole rings is 1. The van der Waals surface area contributed by atoms with Gasteiger partial charge in [0.2, 0.25) is 0 Å². The summed E-state index contributed by atoms with van der Waals surface area (Å²) in [6, 6.07) is 21.9. The topological polar surface area (TPSA) is 102 Å². The number of nitrogens with zero attached hydrogens (tertiary/aromatic N) is 3. The zero-order valence-electron chi connectivity index (χ0n) is 19.9. The summed E-state index contributed by atoms with van der Waals surface area (Å²) in [5.41, 5.74) is 3.17. The van der Waals surface area contributed by atoms with Crippen molar-refractivity contribution in [2.24, 2.45) is 0 Å². The fraction of sp³-hybridized carbons (Fsp3) is 0.143. The predicted molar refractivity (Wildman–Crippen MR) is 143 cm³/mol. The molecule has 0 saturated heterocycles. The fourth-order valence-electron chi connectivity index (χ4n) is 3.89. The van der Waals surface area contributed by atoms with Gasteiger partial charge in [0.15, 0.2) is 5.65 Å². The molecule has 0 atom stereocenters. The van der Waals surface area contributed by atoms with E-state index in [1.165, 1.54) is 6.07 Å². The molecule has 0 aliphatic heterocycles. The molecule has 5 rings (SSSR count). The number of carbonyl (C=O) groups excluding carboxylic acids is 1. The molecule has 37 heavy (non-hydrogen) atoms. The highest BCUT2D eigenvalue weighted by Crippen LogP contribution is 2.23. The zero-order valence-corrected chi connectivity index (χ0v) is 20.6. The van der Waals surface area contributed by atoms with Crippen molar-refractivity contribution in [2.45, 2.75) is 19.6 Å². The van der Waals surface area contributed by atoms with Gasteiger partial charge in [-0.3, -0.25) is 9.59 Å². The van der Waals surface area contributed by atoms with Crippen LogP contribution in [-0.2, 0) is 13.2 Å². The summed E-state index contributed by atoms with van der Waals surface area (Å²) in [4.78, 5) is 37.4. The van der Waals surface area contributed by atoms with Gasteiger partial charge in [-0.2, -0.15) is 0 Å². The molecule has 0 bridgehead atoms. The van der Waals surface area contributed by atoms with Crippen molar-refractivity contribution in [1.82, 2.24) is 24.8 Å². The summed E-state index contributed by atoms with van der Waals surface area (Å²) in [6.45, 7) is 1.26. The molecule has 2 N–H and O–H groups in total. The first kappa shape index (κ1) is 24.3. The summed E-state index contributed by atoms with van der Waals surface area (Å²) in [7, 11) is 0. The van der Waals surface area contributed by atoms with E-state index in [1.807, 2.05) is 42.5 Å². The van der Waals surface area contributed by atoms with Gasteiger partial charge in [0.1, 0.15) is 23.7 Å². The van der Waals surface area contributed by atoms with Gasteiger partial charge >= 0.3 is 0 Å². The standard InChI is InChI=1S/C28H24ClN5O3/c29-21-9-7-20(8-10-21)26-32-25-23(11-14-30-27(25)33-26)28(36)31-13-4-15-34-16-12-22(17-24(34)35)37-18-19-5-2-1-3-6-19/h1-3,5-12,14,16-17H,4,13,15,18H2,(H,31,36)(H,30,32,33). The lowest BCUT2D eigenvalue weighted by Gasteiger charge is -2.10. The zero-order chi connectivity index (χ0) is 25.6. The SMILES string of the molecule is O=C(NCCCn1ccc(OCc2ccccc2)cc1=O)c1ccnc2[nH]c(-c3ccc(Cl)cc3)nc12. The van der Waals surface area contributed by atoms with Gasteiger partial charge in [0.25, 0.3) is 11.5 Å². The summed E-state index contributed by atoms with van der Waals surface area (Å²) in [5.74, 6) is 0.880. The van der Waals surface area contributed by atoms with E-state index in [1.54, 1.807) is 41.2 Å². The Morgan fingerprint density at radius 2 is 1.86 bits per heavy atom. The maximum Gasteiger partial charge on any atom is 0.254 e. The van der Waals surface area contributed by atoms with E-state index in [-0.39, 0.29) is 11.5 Å². The minimum Gasteiger partial charge on any atom is -0.489 e. The molecule has 0 radical (unpaired) electrons. The molecule has 186 valence electrons. The van der Waals surface area contributed by atoms with Crippen LogP contribution in [0.5, 0.6) is 5.75 Å². The molecule has 5 aromatic rings. The largest absolute Gasteiger partial charge is 0.489 e. The molecule has 2 aromatic carbocycles. The molecule has 3 heterocycles. The number of carbonyl (C=O) groups is 1. The highest BCUT2D eigenvalue weighted by atomic mass is 35.5. The number of H-pyrrole nitrogens is 1. The number of aromatic amines is 1. The summed E-state index contributed by atoms with van der Waals surface area (Å²) < 4.78 is 7.31. The smallest absolute Gasteiger partial charge is 0.254 e. The van der Waals surface area contributed by atoms with Crippen molar-refractivity contribution in [3.63, 3.8) is 0 Å². The normalized spacial score (nSPS) is 10.9. The van der Waals surface area contributed by atoms with Gasteiger partial charge in [-0.05, 0) is 48.4 Å². The molecule has 0 unspecified atom stereocenters. The van der Waals surface area contributed by atoms with E-state index in [0.29, 0.717) is 59.4 Å². The Bertz CT molecular complexity index is 1580. The summed E-state index contributed by atoms with van der Waals surface area (Å²) in [6.07, 6.45) is 3.86. The molecule has 1 amide bonds. The number of nitrogens with one attached hydrogen (secondary N) is 2. The molecule has 3 aromatic heterocycles. The van der Waals surface area contributed by atoms with E-state index in [4.69, 9.17) is 16.3 Å². The van der Waals surface area contributed by atoms with Crippen molar-refractivity contribution in [2.75, 3.05) is 6.54 Å². The Balaban J connectivity index is 1.16. The van der Waals surface area contributed by atoms with Crippen molar-refractivity contribution in [3.8, 4) is 17.1 Å². The maximum absolute atomic E-state index is 12.9. The van der Waals surface area contributed by atoms with Crippen LogP contribution in [0.1, 0.15) is 22.3 Å². The highest BCUT2D eigenvalue weighted by molar-refractivity contribution is 6.30. The second-order valence-electron chi connectivity index (χ2n) is 8.43. The molecule has 8 nitrogen and oxygen atoms in total. The second-order valence-corrected chi connectivity index (χ2v) is 8.86. The molecule has 0 aliphatic carbocycles. The van der Waals surface area contributed by atoms with Gasteiger partial charge in [-0.15, -0.1) is 0 Å². The summed E-state index contributed by atoms with van der Waals surface area (Å²) in [5, 5.41) is 3.54. The van der Waals surface area contributed by atoms with E-state index in [0.717, 1.165) is 11.1 Å². The Morgan fingerprint density at radius 1 is 1.05 bits per heavy atom. The maximum atomic E-state index is 12.9. The molecule has 9 heteroatoms. The Labute approximate surface area is 217 Å². The van der Waals surface area contributed by atoms with E-state index < -0.39 is 0 Å². The minimum absolute atomic E-state index is 0.154. The highest BCUT2D eigenvalue weighted by Gasteiger charge is 2.15. The number of benzene rings is 2. The number of hydrogen-bond acceptors (Lipinski definition) is 5. The van der Waals surface area contributed by atoms with Crippen LogP contribution in [-0.4, -0.2) is 32.0 Å². The van der Waals surface area contributed by atoms with Crippen molar-refractivity contribution < 1.29 is 9.53 Å². The third-order valence-corrected chi connectivity index (χ3v) is 6.08. The first-order valence-electron chi connectivity index (χ1n) is 11.8. The van der Waals surface area contributed by atoms with Gasteiger partial charge < -0.3 is 19.6 Å². The van der Waals surface area contributed by atoms with Crippen LogP contribution in [0.3, 0.4) is 0 Å². The number of ether oxygens (including phenoxy) is 1. The van der Waals surface area contributed by atoms with E-state index >= 15 is 0 Å². The van der Waals surface area contributed by atoms with Gasteiger partial charge in [-0.25, -0.2) is 9.97 Å². The first-order valence-corrected chi connectivity index (χ1v) is 12.2. The monoisotopic (exact) mass is 513 g/mol. The lowest BCUT2D eigenvalue weighted by molar-refractivity contribution is 0.0954. The molecule has 0 spiro atoms. The lowest BCUT2D eigenvalue weighted by atomic mass is 10.2. The van der Waals surface area contributed by atoms with Gasteiger partial charge in [0.05, 0.1) is 5.56 Å².